The lowest BCUT2D eigenvalue weighted by Crippen LogP contribution is -1.96. The predicted molar refractivity (Wildman–Crippen MR) is 98.7 cm³/mol. The van der Waals surface area contributed by atoms with Gasteiger partial charge in [-0.2, -0.15) is 0 Å². The Kier molecular flexibility index (Phi) is 3.65. The van der Waals surface area contributed by atoms with Crippen molar-refractivity contribution in [1.29, 1.82) is 0 Å². The van der Waals surface area contributed by atoms with Gasteiger partial charge in [0.2, 0.25) is 0 Å². The maximum Gasteiger partial charge on any atom is 0.142 e. The van der Waals surface area contributed by atoms with Crippen molar-refractivity contribution in [2.75, 3.05) is 26.6 Å². The van der Waals surface area contributed by atoms with Crippen LogP contribution in [0, 0.1) is 0 Å². The van der Waals surface area contributed by atoms with E-state index in [-0.39, 0.29) is 0 Å². The van der Waals surface area contributed by atoms with E-state index in [1.54, 1.807) is 21.3 Å². The standard InChI is InChI=1S/C19H19N3O3/c1-23-12-5-4-11-8-15-18(14(11)9-12)21-22-19(15)20-16-10-13(24-2)6-7-17(16)25-3/h4-10,20-22H,1-3H3. The second-order valence-corrected chi connectivity index (χ2v) is 5.70. The van der Waals surface area contributed by atoms with Crippen LogP contribution in [0.2, 0.25) is 0 Å². The third-order valence-corrected chi connectivity index (χ3v) is 4.35. The van der Waals surface area contributed by atoms with E-state index in [1.165, 1.54) is 0 Å². The van der Waals surface area contributed by atoms with Crippen molar-refractivity contribution < 1.29 is 14.2 Å². The molecule has 6 nitrogen and oxygen atoms in total. The normalized spacial score (nSPS) is 11.0. The van der Waals surface area contributed by atoms with Gasteiger partial charge in [-0.1, -0.05) is 6.07 Å². The van der Waals surface area contributed by atoms with Gasteiger partial charge >= 0.3 is 0 Å². The van der Waals surface area contributed by atoms with Crippen molar-refractivity contribution in [2.24, 2.45) is 0 Å². The number of hydrogen-bond donors (Lipinski definition) is 3. The van der Waals surface area contributed by atoms with Gasteiger partial charge in [0, 0.05) is 17.0 Å². The summed E-state index contributed by atoms with van der Waals surface area (Å²) in [4.78, 5) is 0. The summed E-state index contributed by atoms with van der Waals surface area (Å²) in [5.41, 5.74) is 2.91. The first-order valence-electron chi connectivity index (χ1n) is 7.89. The Balaban J connectivity index is 1.76. The SMILES string of the molecule is COc1ccc(OC)c(Nc2[nH][nH]c3c4cc(OC)ccc4cc2-3)c1. The molecular weight excluding hydrogens is 318 g/mol. The number of fused-ring (bicyclic) bond motifs is 3. The van der Waals surface area contributed by atoms with Crippen LogP contribution in [-0.4, -0.2) is 31.5 Å². The smallest absolute Gasteiger partial charge is 0.142 e. The number of aromatic nitrogens is 2. The first-order chi connectivity index (χ1) is 12.2. The number of H-pyrrole nitrogens is 2. The Labute approximate surface area is 145 Å². The molecule has 0 radical (unpaired) electrons. The molecule has 1 aliphatic heterocycles. The second kappa shape index (κ2) is 5.98. The number of anilines is 2. The van der Waals surface area contributed by atoms with Crippen LogP contribution < -0.4 is 19.5 Å². The fraction of sp³-hybridized carbons (Fsp3) is 0.158. The van der Waals surface area contributed by atoms with E-state index in [1.807, 2.05) is 30.3 Å². The van der Waals surface area contributed by atoms with Gasteiger partial charge in [-0.25, -0.2) is 0 Å². The number of hydrogen-bond acceptors (Lipinski definition) is 4. The first kappa shape index (κ1) is 15.3. The van der Waals surface area contributed by atoms with E-state index in [2.05, 4.69) is 27.6 Å². The summed E-state index contributed by atoms with van der Waals surface area (Å²) in [5, 5.41) is 12.1. The summed E-state index contributed by atoms with van der Waals surface area (Å²) in [6.45, 7) is 0. The van der Waals surface area contributed by atoms with Crippen LogP contribution in [0.4, 0.5) is 11.5 Å². The highest BCUT2D eigenvalue weighted by molar-refractivity contribution is 6.04. The van der Waals surface area contributed by atoms with Gasteiger partial charge in [0.1, 0.15) is 23.1 Å². The summed E-state index contributed by atoms with van der Waals surface area (Å²) < 4.78 is 16.1. The molecule has 0 amide bonds. The van der Waals surface area contributed by atoms with Crippen molar-refractivity contribution in [2.45, 2.75) is 0 Å². The van der Waals surface area contributed by atoms with E-state index in [9.17, 15) is 0 Å². The maximum absolute atomic E-state index is 5.44. The first-order valence-corrected chi connectivity index (χ1v) is 7.89. The van der Waals surface area contributed by atoms with Gasteiger partial charge in [0.25, 0.3) is 0 Å². The van der Waals surface area contributed by atoms with Gasteiger partial charge in [-0.05, 0) is 35.7 Å². The molecule has 0 spiro atoms. The van der Waals surface area contributed by atoms with Crippen molar-refractivity contribution in [3.8, 4) is 28.5 Å². The Hall–Kier alpha value is -3.28. The van der Waals surface area contributed by atoms with E-state index in [0.717, 1.165) is 50.8 Å². The molecule has 0 atom stereocenters. The molecule has 6 heteroatoms. The third kappa shape index (κ3) is 2.52. The lowest BCUT2D eigenvalue weighted by molar-refractivity contribution is 0.405. The van der Waals surface area contributed by atoms with Gasteiger partial charge in [-0.15, -0.1) is 0 Å². The zero-order valence-electron chi connectivity index (χ0n) is 14.3. The minimum Gasteiger partial charge on any atom is -0.497 e. The summed E-state index contributed by atoms with van der Waals surface area (Å²) >= 11 is 0. The Morgan fingerprint density at radius 3 is 2.32 bits per heavy atom. The van der Waals surface area contributed by atoms with Crippen LogP contribution in [0.25, 0.3) is 22.0 Å². The van der Waals surface area contributed by atoms with E-state index in [4.69, 9.17) is 14.2 Å². The van der Waals surface area contributed by atoms with Gasteiger partial charge in [0.15, 0.2) is 0 Å². The molecule has 0 aromatic heterocycles. The number of nitrogens with one attached hydrogen (secondary N) is 3. The minimum absolute atomic E-state index is 0.737. The molecule has 0 unspecified atom stereocenters. The van der Waals surface area contributed by atoms with Crippen molar-refractivity contribution in [3.63, 3.8) is 0 Å². The topological polar surface area (TPSA) is 71.3 Å². The minimum atomic E-state index is 0.737. The van der Waals surface area contributed by atoms with Crippen molar-refractivity contribution in [1.82, 2.24) is 10.2 Å². The highest BCUT2D eigenvalue weighted by atomic mass is 16.5. The molecular formula is C19H19N3O3. The zero-order chi connectivity index (χ0) is 17.4. The number of methoxy groups -OCH3 is 3. The van der Waals surface area contributed by atoms with Crippen LogP contribution in [0.3, 0.4) is 0 Å². The molecule has 25 heavy (non-hydrogen) atoms. The van der Waals surface area contributed by atoms with Crippen LogP contribution in [0.15, 0.2) is 42.5 Å². The average Bonchev–Trinajstić information content (AvgIpc) is 3.21. The van der Waals surface area contributed by atoms with Gasteiger partial charge < -0.3 is 19.5 Å². The molecule has 1 heterocycles. The molecule has 128 valence electrons. The molecule has 4 rings (SSSR count). The fourth-order valence-corrected chi connectivity index (χ4v) is 3.05. The van der Waals surface area contributed by atoms with E-state index >= 15 is 0 Å². The number of rotatable bonds is 5. The Morgan fingerprint density at radius 2 is 1.56 bits per heavy atom. The molecule has 0 saturated carbocycles. The number of benzene rings is 2. The van der Waals surface area contributed by atoms with Gasteiger partial charge in [-0.3, -0.25) is 10.2 Å². The lowest BCUT2D eigenvalue weighted by Gasteiger charge is -2.11. The Morgan fingerprint density at radius 1 is 0.800 bits per heavy atom. The number of aromatic amines is 2. The average molecular weight is 337 g/mol. The highest BCUT2D eigenvalue weighted by Gasteiger charge is 2.18. The van der Waals surface area contributed by atoms with Gasteiger partial charge in [0.05, 0.1) is 32.7 Å². The van der Waals surface area contributed by atoms with Crippen molar-refractivity contribution >= 4 is 22.3 Å². The molecule has 0 fully saturated rings. The van der Waals surface area contributed by atoms with Crippen molar-refractivity contribution in [3.05, 3.63) is 42.5 Å². The van der Waals surface area contributed by atoms with Crippen LogP contribution in [-0.2, 0) is 0 Å². The molecule has 2 aliphatic rings. The molecule has 0 saturated heterocycles. The summed E-state index contributed by atoms with van der Waals surface area (Å²) in [6, 6.07) is 13.8. The van der Waals surface area contributed by atoms with Crippen LogP contribution in [0.1, 0.15) is 0 Å². The molecule has 3 N–H and O–H groups in total. The maximum atomic E-state index is 5.44. The monoisotopic (exact) mass is 337 g/mol. The quantitative estimate of drug-likeness (QED) is 0.506. The summed E-state index contributed by atoms with van der Waals surface area (Å²) in [5.74, 6) is 3.18. The zero-order valence-corrected chi connectivity index (χ0v) is 14.3. The summed E-state index contributed by atoms with van der Waals surface area (Å²) in [6.07, 6.45) is 0. The number of ether oxygens (including phenoxy) is 3. The van der Waals surface area contributed by atoms with E-state index in [0.29, 0.717) is 0 Å². The highest BCUT2D eigenvalue weighted by Crippen LogP contribution is 2.41. The fourth-order valence-electron chi connectivity index (χ4n) is 3.05. The van der Waals surface area contributed by atoms with E-state index < -0.39 is 0 Å². The second-order valence-electron chi connectivity index (χ2n) is 5.70. The predicted octanol–water partition coefficient (Wildman–Crippen LogP) is 4.37. The molecule has 0 bridgehead atoms. The Bertz CT molecular complexity index is 1000. The lowest BCUT2D eigenvalue weighted by atomic mass is 10.2. The van der Waals surface area contributed by atoms with Crippen LogP contribution >= 0.6 is 0 Å². The molecule has 1 aliphatic carbocycles. The largest absolute Gasteiger partial charge is 0.497 e. The molecule has 2 aromatic carbocycles. The molecule has 2 aromatic rings. The summed E-state index contributed by atoms with van der Waals surface area (Å²) in [7, 11) is 4.96. The third-order valence-electron chi connectivity index (χ3n) is 4.35. The van der Waals surface area contributed by atoms with Crippen LogP contribution in [0.5, 0.6) is 17.2 Å².